The highest BCUT2D eigenvalue weighted by atomic mass is 32.2. The van der Waals surface area contributed by atoms with E-state index >= 15 is 0 Å². The fraction of sp³-hybridized carbons (Fsp3) is 0.593. The number of aliphatic hydroxyl groups is 1. The van der Waals surface area contributed by atoms with E-state index in [1.165, 1.54) is 32.1 Å². The molecule has 0 saturated heterocycles. The standard InChI is InChI=1S/C27H39N3O5S2/c1-19-15-30(20(2)18-31)27(32)22-11-7-12-23(28-37(33,34)25-13-8-14-36-25)26(22)35-24(19)17-29(3)16-21-9-5-4-6-10-21/h7-8,11-14,19-21,24,28,31H,4-6,9-10,15-18H2,1-3H3/t19-,20+,24+/m1/s1. The molecular weight excluding hydrogens is 510 g/mol. The third-order valence-electron chi connectivity index (χ3n) is 7.48. The third kappa shape index (κ3) is 6.66. The van der Waals surface area contributed by atoms with Crippen LogP contribution in [0, 0.1) is 11.8 Å². The molecule has 4 rings (SSSR count). The minimum absolute atomic E-state index is 0.0399. The SMILES string of the molecule is C[C@@H]1CN([C@@H](C)CO)C(=O)c2cccc(NS(=O)(=O)c3cccs3)c2O[C@H]1CN(C)CC1CCCCC1. The van der Waals surface area contributed by atoms with Gasteiger partial charge in [0.15, 0.2) is 5.75 Å². The molecule has 0 bridgehead atoms. The van der Waals surface area contributed by atoms with Crippen molar-refractivity contribution in [3.05, 3.63) is 41.3 Å². The number of benzene rings is 1. The highest BCUT2D eigenvalue weighted by molar-refractivity contribution is 7.94. The predicted molar refractivity (Wildman–Crippen MR) is 147 cm³/mol. The molecule has 3 atom stereocenters. The number of likely N-dealkylation sites (N-methyl/N-ethyl adjacent to an activating group) is 1. The third-order valence-corrected chi connectivity index (χ3v) is 10.2. The number of para-hydroxylation sites is 1. The number of carbonyl (C=O) groups is 1. The first-order chi connectivity index (χ1) is 17.7. The van der Waals surface area contributed by atoms with Crippen LogP contribution in [0.3, 0.4) is 0 Å². The summed E-state index contributed by atoms with van der Waals surface area (Å²) in [5.41, 5.74) is 0.531. The van der Waals surface area contributed by atoms with Gasteiger partial charge in [0, 0.05) is 25.6 Å². The molecule has 37 heavy (non-hydrogen) atoms. The Morgan fingerprint density at radius 2 is 1.95 bits per heavy atom. The van der Waals surface area contributed by atoms with Gasteiger partial charge < -0.3 is 19.6 Å². The second-order valence-electron chi connectivity index (χ2n) is 10.6. The number of rotatable bonds is 9. The van der Waals surface area contributed by atoms with Gasteiger partial charge in [-0.2, -0.15) is 0 Å². The number of ether oxygens (including phenoxy) is 1. The quantitative estimate of drug-likeness (QED) is 0.484. The monoisotopic (exact) mass is 549 g/mol. The zero-order chi connectivity index (χ0) is 26.6. The summed E-state index contributed by atoms with van der Waals surface area (Å²) < 4.78 is 35.5. The van der Waals surface area contributed by atoms with E-state index in [2.05, 4.69) is 16.7 Å². The zero-order valence-corrected chi connectivity index (χ0v) is 23.6. The van der Waals surface area contributed by atoms with Gasteiger partial charge in [-0.15, -0.1) is 11.3 Å². The molecule has 2 N–H and O–H groups in total. The molecule has 1 aromatic carbocycles. The Balaban J connectivity index is 1.67. The van der Waals surface area contributed by atoms with Crippen molar-refractivity contribution in [1.82, 2.24) is 9.80 Å². The van der Waals surface area contributed by atoms with Gasteiger partial charge in [-0.3, -0.25) is 9.52 Å². The Morgan fingerprint density at radius 3 is 2.62 bits per heavy atom. The molecule has 2 heterocycles. The van der Waals surface area contributed by atoms with E-state index in [0.717, 1.165) is 17.9 Å². The molecule has 0 unspecified atom stereocenters. The molecule has 204 valence electrons. The summed E-state index contributed by atoms with van der Waals surface area (Å²) in [7, 11) is -1.73. The number of fused-ring (bicyclic) bond motifs is 1. The van der Waals surface area contributed by atoms with Gasteiger partial charge in [0.25, 0.3) is 15.9 Å². The molecule has 0 radical (unpaired) electrons. The zero-order valence-electron chi connectivity index (χ0n) is 21.9. The van der Waals surface area contributed by atoms with Gasteiger partial charge in [0.1, 0.15) is 10.3 Å². The number of carbonyl (C=O) groups excluding carboxylic acids is 1. The lowest BCUT2D eigenvalue weighted by molar-refractivity contribution is 0.0333. The summed E-state index contributed by atoms with van der Waals surface area (Å²) in [5, 5.41) is 11.6. The fourth-order valence-electron chi connectivity index (χ4n) is 5.35. The topological polar surface area (TPSA) is 99.2 Å². The van der Waals surface area contributed by atoms with E-state index < -0.39 is 10.0 Å². The van der Waals surface area contributed by atoms with Gasteiger partial charge >= 0.3 is 0 Å². The van der Waals surface area contributed by atoms with E-state index in [4.69, 9.17) is 4.74 Å². The molecule has 0 spiro atoms. The lowest BCUT2D eigenvalue weighted by Gasteiger charge is -2.39. The first-order valence-electron chi connectivity index (χ1n) is 13.2. The summed E-state index contributed by atoms with van der Waals surface area (Å²) in [4.78, 5) is 17.6. The molecule has 1 aliphatic heterocycles. The van der Waals surface area contributed by atoms with Crippen LogP contribution in [-0.2, 0) is 10.0 Å². The van der Waals surface area contributed by atoms with Crippen LogP contribution in [0.2, 0.25) is 0 Å². The molecule has 1 aromatic heterocycles. The van der Waals surface area contributed by atoms with Crippen LogP contribution in [-0.4, -0.2) is 74.7 Å². The number of anilines is 1. The highest BCUT2D eigenvalue weighted by Crippen LogP contribution is 2.36. The maximum Gasteiger partial charge on any atom is 0.271 e. The first kappa shape index (κ1) is 27.9. The number of sulfonamides is 1. The van der Waals surface area contributed by atoms with Gasteiger partial charge in [-0.25, -0.2) is 8.42 Å². The molecule has 1 saturated carbocycles. The molecule has 1 fully saturated rings. The Hall–Kier alpha value is -2.14. The van der Waals surface area contributed by atoms with Crippen molar-refractivity contribution < 1.29 is 23.1 Å². The van der Waals surface area contributed by atoms with E-state index in [1.807, 2.05) is 13.8 Å². The summed E-state index contributed by atoms with van der Waals surface area (Å²) in [6.07, 6.45) is 6.11. The van der Waals surface area contributed by atoms with Crippen molar-refractivity contribution in [2.45, 2.75) is 62.3 Å². The van der Waals surface area contributed by atoms with Crippen LogP contribution >= 0.6 is 11.3 Å². The van der Waals surface area contributed by atoms with Crippen LogP contribution < -0.4 is 9.46 Å². The van der Waals surface area contributed by atoms with Crippen molar-refractivity contribution in [2.75, 3.05) is 38.0 Å². The smallest absolute Gasteiger partial charge is 0.271 e. The Kier molecular flexibility index (Phi) is 9.15. The molecule has 2 aliphatic rings. The average molecular weight is 550 g/mol. The van der Waals surface area contributed by atoms with E-state index in [0.29, 0.717) is 24.6 Å². The summed E-state index contributed by atoms with van der Waals surface area (Å²) >= 11 is 1.13. The maximum atomic E-state index is 13.6. The van der Waals surface area contributed by atoms with Crippen molar-refractivity contribution in [3.8, 4) is 5.75 Å². The molecule has 10 heteroatoms. The summed E-state index contributed by atoms with van der Waals surface area (Å²) in [6.45, 7) is 5.78. The van der Waals surface area contributed by atoms with Gasteiger partial charge in [0.05, 0.1) is 23.9 Å². The summed E-state index contributed by atoms with van der Waals surface area (Å²) in [6, 6.07) is 7.80. The number of nitrogens with zero attached hydrogens (tertiary/aromatic N) is 2. The van der Waals surface area contributed by atoms with E-state index in [-0.39, 0.29) is 46.2 Å². The predicted octanol–water partition coefficient (Wildman–Crippen LogP) is 4.28. The number of hydrogen-bond donors (Lipinski definition) is 2. The lowest BCUT2D eigenvalue weighted by Crippen LogP contribution is -2.50. The minimum atomic E-state index is -3.84. The van der Waals surface area contributed by atoms with E-state index in [1.54, 1.807) is 40.6 Å². The number of thiophene rings is 1. The fourth-order valence-corrected chi connectivity index (χ4v) is 7.40. The van der Waals surface area contributed by atoms with Crippen LogP contribution in [0.1, 0.15) is 56.3 Å². The van der Waals surface area contributed by atoms with E-state index in [9.17, 15) is 18.3 Å². The highest BCUT2D eigenvalue weighted by Gasteiger charge is 2.35. The average Bonchev–Trinajstić information content (AvgIpc) is 3.43. The number of amides is 1. The Bertz CT molecular complexity index is 1150. The van der Waals surface area contributed by atoms with Crippen molar-refractivity contribution in [3.63, 3.8) is 0 Å². The second-order valence-corrected chi connectivity index (χ2v) is 13.4. The van der Waals surface area contributed by atoms with Crippen LogP contribution in [0.15, 0.2) is 39.9 Å². The molecular formula is C27H39N3O5S2. The normalized spacial score (nSPS) is 22.2. The molecule has 2 aromatic rings. The summed E-state index contributed by atoms with van der Waals surface area (Å²) in [5.74, 6) is 0.595. The number of aliphatic hydroxyl groups excluding tert-OH is 1. The Morgan fingerprint density at radius 1 is 1.19 bits per heavy atom. The van der Waals surface area contributed by atoms with Crippen LogP contribution in [0.5, 0.6) is 5.75 Å². The lowest BCUT2D eigenvalue weighted by atomic mass is 9.89. The first-order valence-corrected chi connectivity index (χ1v) is 15.5. The van der Waals surface area contributed by atoms with Crippen molar-refractivity contribution in [2.24, 2.45) is 11.8 Å². The minimum Gasteiger partial charge on any atom is -0.486 e. The second kappa shape index (κ2) is 12.1. The van der Waals surface area contributed by atoms with Gasteiger partial charge in [-0.05, 0) is 56.3 Å². The number of nitrogens with one attached hydrogen (secondary N) is 1. The van der Waals surface area contributed by atoms with Crippen LogP contribution in [0.25, 0.3) is 0 Å². The largest absolute Gasteiger partial charge is 0.486 e. The maximum absolute atomic E-state index is 13.6. The molecule has 1 amide bonds. The number of hydrogen-bond acceptors (Lipinski definition) is 7. The Labute approximate surface area is 224 Å². The van der Waals surface area contributed by atoms with Crippen LogP contribution in [0.4, 0.5) is 5.69 Å². The van der Waals surface area contributed by atoms with Gasteiger partial charge in [-0.1, -0.05) is 38.3 Å². The molecule has 1 aliphatic carbocycles. The molecule has 8 nitrogen and oxygen atoms in total. The van der Waals surface area contributed by atoms with Crippen molar-refractivity contribution in [1.29, 1.82) is 0 Å². The van der Waals surface area contributed by atoms with Gasteiger partial charge in [0.2, 0.25) is 0 Å². The van der Waals surface area contributed by atoms with Crippen molar-refractivity contribution >= 4 is 33.0 Å².